The van der Waals surface area contributed by atoms with E-state index in [0.29, 0.717) is 18.4 Å². The minimum atomic E-state index is -4.85. The fraction of sp³-hybridized carbons (Fsp3) is 0.800. The second-order valence-electron chi connectivity index (χ2n) is 8.22. The van der Waals surface area contributed by atoms with Crippen molar-refractivity contribution in [1.29, 1.82) is 0 Å². The van der Waals surface area contributed by atoms with Crippen molar-refractivity contribution in [3.63, 3.8) is 0 Å². The lowest BCUT2D eigenvalue weighted by molar-refractivity contribution is -0.272. The molecule has 2 N–H and O–H groups in total. The first kappa shape index (κ1) is 27.1. The molecule has 1 aromatic heterocycles. The number of rotatable bonds is 7. The molecule has 0 spiro atoms. The number of ether oxygens (including phenoxy) is 1. The van der Waals surface area contributed by atoms with Crippen molar-refractivity contribution < 1.29 is 23.0 Å². The number of halogens is 4. The Labute approximate surface area is 204 Å². The number of alkyl halides is 3. The van der Waals surface area contributed by atoms with Gasteiger partial charge in [-0.2, -0.15) is 13.2 Å². The van der Waals surface area contributed by atoms with E-state index in [9.17, 15) is 18.3 Å². The minimum absolute atomic E-state index is 0. The Morgan fingerprint density at radius 3 is 2.62 bits per heavy atom. The van der Waals surface area contributed by atoms with Gasteiger partial charge in [0.25, 0.3) is 0 Å². The molecule has 2 saturated heterocycles. The predicted molar refractivity (Wildman–Crippen MR) is 126 cm³/mol. The topological polar surface area (TPSA) is 78.2 Å². The third-order valence-electron chi connectivity index (χ3n) is 5.94. The Kier molecular flexibility index (Phi) is 10.0. The molecule has 0 radical (unpaired) electrons. The summed E-state index contributed by atoms with van der Waals surface area (Å²) < 4.78 is 47.7. The van der Waals surface area contributed by atoms with E-state index in [0.717, 1.165) is 52.4 Å². The van der Waals surface area contributed by atoms with E-state index in [-0.39, 0.29) is 30.5 Å². The maximum absolute atomic E-state index is 13.7. The van der Waals surface area contributed by atoms with Gasteiger partial charge in [-0.25, -0.2) is 4.98 Å². The fourth-order valence-electron chi connectivity index (χ4n) is 4.22. The normalized spacial score (nSPS) is 22.5. The van der Waals surface area contributed by atoms with E-state index in [4.69, 9.17) is 4.74 Å². The van der Waals surface area contributed by atoms with Crippen molar-refractivity contribution in [3.8, 4) is 0 Å². The largest absolute Gasteiger partial charge is 0.424 e. The molecular weight excluding hydrogens is 540 g/mol. The summed E-state index contributed by atoms with van der Waals surface area (Å²) in [5, 5.41) is 13.7. The molecule has 0 amide bonds. The first-order valence-corrected chi connectivity index (χ1v) is 10.8. The van der Waals surface area contributed by atoms with Gasteiger partial charge in [-0.3, -0.25) is 9.89 Å². The molecule has 3 heterocycles. The summed E-state index contributed by atoms with van der Waals surface area (Å²) in [6, 6.07) is 0. The standard InChI is InChI=1S/C20H33F3N6O2.HI/c1-3-24-18(29-8-4-16(15-29)14-28-10-12-31-13-11-28)26-6-5-19(30,20(21,22)23)17-25-7-9-27(17)2;/h7,9,16,30H,3-6,8,10-15H2,1-2H3,(H,24,26);1H. The summed E-state index contributed by atoms with van der Waals surface area (Å²) >= 11 is 0. The van der Waals surface area contributed by atoms with Crippen LogP contribution in [0.4, 0.5) is 13.2 Å². The van der Waals surface area contributed by atoms with E-state index in [2.05, 4.69) is 25.1 Å². The van der Waals surface area contributed by atoms with Crippen LogP contribution in [0.15, 0.2) is 17.4 Å². The molecule has 1 aromatic rings. The molecule has 32 heavy (non-hydrogen) atoms. The number of nitrogens with one attached hydrogen (secondary N) is 1. The average molecular weight is 574 g/mol. The minimum Gasteiger partial charge on any atom is -0.379 e. The Hall–Kier alpha value is -1.12. The number of hydrogen-bond acceptors (Lipinski definition) is 5. The van der Waals surface area contributed by atoms with Crippen LogP contribution in [-0.2, 0) is 17.4 Å². The highest BCUT2D eigenvalue weighted by Gasteiger charge is 2.57. The smallest absolute Gasteiger partial charge is 0.379 e. The fourth-order valence-corrected chi connectivity index (χ4v) is 4.22. The summed E-state index contributed by atoms with van der Waals surface area (Å²) in [5.41, 5.74) is -3.05. The molecule has 2 unspecified atom stereocenters. The van der Waals surface area contributed by atoms with Gasteiger partial charge in [0.15, 0.2) is 5.96 Å². The van der Waals surface area contributed by atoms with Gasteiger partial charge in [-0.1, -0.05) is 0 Å². The van der Waals surface area contributed by atoms with Crippen LogP contribution in [0.3, 0.4) is 0 Å². The molecule has 0 saturated carbocycles. The number of aromatic nitrogens is 2. The van der Waals surface area contributed by atoms with Crippen molar-refractivity contribution in [1.82, 2.24) is 24.7 Å². The van der Waals surface area contributed by atoms with Crippen LogP contribution in [0.2, 0.25) is 0 Å². The average Bonchev–Trinajstić information content (AvgIpc) is 3.36. The quantitative estimate of drug-likeness (QED) is 0.294. The van der Waals surface area contributed by atoms with E-state index in [1.54, 1.807) is 0 Å². The SMILES string of the molecule is CCNC(=NCCC(O)(c1nccn1C)C(F)(F)F)N1CCC(CN2CCOCC2)C1.I. The number of morpholine rings is 1. The first-order chi connectivity index (χ1) is 14.7. The van der Waals surface area contributed by atoms with Gasteiger partial charge in [0, 0.05) is 71.7 Å². The highest BCUT2D eigenvalue weighted by molar-refractivity contribution is 14.0. The van der Waals surface area contributed by atoms with Crippen LogP contribution in [0, 0.1) is 5.92 Å². The Bertz CT molecular complexity index is 741. The molecule has 3 rings (SSSR count). The van der Waals surface area contributed by atoms with Gasteiger partial charge in [-0.15, -0.1) is 24.0 Å². The van der Waals surface area contributed by atoms with Gasteiger partial charge >= 0.3 is 6.18 Å². The number of imidazole rings is 1. The van der Waals surface area contributed by atoms with E-state index < -0.39 is 24.0 Å². The Morgan fingerprint density at radius 1 is 1.31 bits per heavy atom. The van der Waals surface area contributed by atoms with Crippen LogP contribution in [-0.4, -0.2) is 95.6 Å². The zero-order valence-electron chi connectivity index (χ0n) is 18.6. The summed E-state index contributed by atoms with van der Waals surface area (Å²) in [7, 11) is 1.44. The number of aryl methyl sites for hydroxylation is 1. The Balaban J connectivity index is 0.00000363. The third kappa shape index (κ3) is 6.48. The van der Waals surface area contributed by atoms with Crippen LogP contribution in [0.25, 0.3) is 0 Å². The van der Waals surface area contributed by atoms with Gasteiger partial charge in [0.2, 0.25) is 5.60 Å². The van der Waals surface area contributed by atoms with Gasteiger partial charge < -0.3 is 24.6 Å². The predicted octanol–water partition coefficient (Wildman–Crippen LogP) is 1.80. The number of aliphatic hydroxyl groups is 1. The second-order valence-corrected chi connectivity index (χ2v) is 8.22. The van der Waals surface area contributed by atoms with Crippen molar-refractivity contribution >= 4 is 29.9 Å². The lowest BCUT2D eigenvalue weighted by Gasteiger charge is -2.30. The monoisotopic (exact) mass is 574 g/mol. The van der Waals surface area contributed by atoms with Gasteiger partial charge in [0.1, 0.15) is 5.82 Å². The number of hydrogen-bond donors (Lipinski definition) is 2. The lowest BCUT2D eigenvalue weighted by atomic mass is 9.98. The van der Waals surface area contributed by atoms with Crippen LogP contribution in [0.1, 0.15) is 25.6 Å². The molecule has 2 atom stereocenters. The molecule has 2 aliphatic heterocycles. The zero-order valence-corrected chi connectivity index (χ0v) is 21.0. The molecule has 0 bridgehead atoms. The van der Waals surface area contributed by atoms with Gasteiger partial charge in [0.05, 0.1) is 13.2 Å². The Morgan fingerprint density at radius 2 is 2.03 bits per heavy atom. The molecule has 12 heteroatoms. The molecular formula is C20H34F3IN6O2. The molecule has 2 aliphatic rings. The third-order valence-corrected chi connectivity index (χ3v) is 5.94. The molecule has 0 aliphatic carbocycles. The van der Waals surface area contributed by atoms with E-state index in [1.807, 2.05) is 6.92 Å². The second kappa shape index (κ2) is 11.8. The summed E-state index contributed by atoms with van der Waals surface area (Å²) in [6.45, 7) is 8.39. The van der Waals surface area contributed by atoms with Crippen LogP contribution < -0.4 is 5.32 Å². The first-order valence-electron chi connectivity index (χ1n) is 10.8. The highest BCUT2D eigenvalue weighted by atomic mass is 127. The van der Waals surface area contributed by atoms with E-state index >= 15 is 0 Å². The maximum atomic E-state index is 13.7. The zero-order chi connectivity index (χ0) is 22.5. The molecule has 8 nitrogen and oxygen atoms in total. The molecule has 0 aromatic carbocycles. The highest BCUT2D eigenvalue weighted by Crippen LogP contribution is 2.40. The van der Waals surface area contributed by atoms with Crippen molar-refractivity contribution in [3.05, 3.63) is 18.2 Å². The van der Waals surface area contributed by atoms with E-state index in [1.165, 1.54) is 24.0 Å². The summed E-state index contributed by atoms with van der Waals surface area (Å²) in [5.74, 6) is 0.657. The molecule has 2 fully saturated rings. The summed E-state index contributed by atoms with van der Waals surface area (Å²) in [6.07, 6.45) is -1.80. The number of likely N-dealkylation sites (tertiary alicyclic amines) is 1. The molecule has 184 valence electrons. The van der Waals surface area contributed by atoms with Crippen LogP contribution in [0.5, 0.6) is 0 Å². The van der Waals surface area contributed by atoms with Crippen molar-refractivity contribution in [2.24, 2.45) is 18.0 Å². The van der Waals surface area contributed by atoms with Crippen molar-refractivity contribution in [2.45, 2.75) is 31.5 Å². The van der Waals surface area contributed by atoms with Crippen LogP contribution >= 0.6 is 24.0 Å². The lowest BCUT2D eigenvalue weighted by Crippen LogP contribution is -2.45. The number of guanidine groups is 1. The van der Waals surface area contributed by atoms with Gasteiger partial charge in [-0.05, 0) is 19.3 Å². The maximum Gasteiger partial charge on any atom is 0.424 e. The number of aliphatic imine (C=N–C) groups is 1. The van der Waals surface area contributed by atoms with Crippen molar-refractivity contribution in [2.75, 3.05) is 59.0 Å². The number of nitrogens with zero attached hydrogens (tertiary/aromatic N) is 5. The summed E-state index contributed by atoms with van der Waals surface area (Å²) in [4.78, 5) is 12.7.